The SMILES string of the molecule is CC(=O)Nc1ccc(NC(=O)CCSc2nc3ccccc3[nH]2)cc1. The van der Waals surface area contributed by atoms with E-state index < -0.39 is 0 Å². The van der Waals surface area contributed by atoms with Crippen molar-refractivity contribution in [3.63, 3.8) is 0 Å². The molecule has 3 aromatic rings. The highest BCUT2D eigenvalue weighted by atomic mass is 32.2. The number of amides is 2. The quantitative estimate of drug-likeness (QED) is 0.590. The van der Waals surface area contributed by atoms with Gasteiger partial charge in [0.25, 0.3) is 0 Å². The Bertz CT molecular complexity index is 856. The molecule has 128 valence electrons. The molecule has 0 aliphatic rings. The molecule has 0 radical (unpaired) electrons. The van der Waals surface area contributed by atoms with E-state index in [9.17, 15) is 9.59 Å². The third-order valence-electron chi connectivity index (χ3n) is 3.42. The summed E-state index contributed by atoms with van der Waals surface area (Å²) in [7, 11) is 0. The van der Waals surface area contributed by atoms with E-state index in [1.165, 1.54) is 18.7 Å². The number of hydrogen-bond donors (Lipinski definition) is 3. The van der Waals surface area contributed by atoms with Crippen molar-refractivity contribution in [1.29, 1.82) is 0 Å². The highest BCUT2D eigenvalue weighted by molar-refractivity contribution is 7.99. The van der Waals surface area contributed by atoms with E-state index in [1.54, 1.807) is 24.3 Å². The summed E-state index contributed by atoms with van der Waals surface area (Å²) in [4.78, 5) is 30.7. The second-order valence-electron chi connectivity index (χ2n) is 5.46. The minimum atomic E-state index is -0.126. The van der Waals surface area contributed by atoms with Crippen molar-refractivity contribution in [2.24, 2.45) is 0 Å². The molecule has 6 nitrogen and oxygen atoms in total. The zero-order chi connectivity index (χ0) is 17.6. The van der Waals surface area contributed by atoms with Crippen molar-refractivity contribution in [3.05, 3.63) is 48.5 Å². The zero-order valence-electron chi connectivity index (χ0n) is 13.7. The lowest BCUT2D eigenvalue weighted by molar-refractivity contribution is -0.116. The summed E-state index contributed by atoms with van der Waals surface area (Å²) in [5, 5.41) is 6.34. The number of anilines is 2. The van der Waals surface area contributed by atoms with Crippen LogP contribution in [0.15, 0.2) is 53.7 Å². The van der Waals surface area contributed by atoms with Crippen molar-refractivity contribution in [2.45, 2.75) is 18.5 Å². The lowest BCUT2D eigenvalue weighted by Gasteiger charge is -2.06. The summed E-state index contributed by atoms with van der Waals surface area (Å²) in [6.45, 7) is 1.45. The fourth-order valence-electron chi connectivity index (χ4n) is 2.30. The molecule has 2 amide bonds. The normalized spacial score (nSPS) is 10.6. The van der Waals surface area contributed by atoms with Crippen molar-refractivity contribution in [3.8, 4) is 0 Å². The van der Waals surface area contributed by atoms with Gasteiger partial charge in [-0.25, -0.2) is 4.98 Å². The average molecular weight is 354 g/mol. The van der Waals surface area contributed by atoms with Gasteiger partial charge < -0.3 is 15.6 Å². The minimum absolute atomic E-state index is 0.0594. The summed E-state index contributed by atoms with van der Waals surface area (Å²) in [6.07, 6.45) is 0.384. The van der Waals surface area contributed by atoms with Gasteiger partial charge in [-0.05, 0) is 36.4 Å². The minimum Gasteiger partial charge on any atom is -0.333 e. The van der Waals surface area contributed by atoms with Gasteiger partial charge in [-0.1, -0.05) is 23.9 Å². The Labute approximate surface area is 149 Å². The summed E-state index contributed by atoms with van der Waals surface area (Å²) in [5.74, 6) is 0.450. The Balaban J connectivity index is 1.46. The van der Waals surface area contributed by atoms with Crippen LogP contribution in [0.3, 0.4) is 0 Å². The molecule has 0 saturated heterocycles. The first-order chi connectivity index (χ1) is 12.1. The molecule has 7 heteroatoms. The Morgan fingerprint density at radius 3 is 2.40 bits per heavy atom. The van der Waals surface area contributed by atoms with Crippen LogP contribution >= 0.6 is 11.8 Å². The van der Waals surface area contributed by atoms with Crippen LogP contribution in [0.4, 0.5) is 11.4 Å². The largest absolute Gasteiger partial charge is 0.333 e. The molecule has 2 aromatic carbocycles. The molecule has 0 saturated carbocycles. The molecular formula is C18H18N4O2S. The van der Waals surface area contributed by atoms with Gasteiger partial charge in [0, 0.05) is 30.5 Å². The molecule has 0 unspecified atom stereocenters. The van der Waals surface area contributed by atoms with Gasteiger partial charge in [0.1, 0.15) is 0 Å². The van der Waals surface area contributed by atoms with E-state index in [1.807, 2.05) is 24.3 Å². The van der Waals surface area contributed by atoms with Gasteiger partial charge in [-0.15, -0.1) is 0 Å². The molecule has 0 fully saturated rings. The number of nitrogens with one attached hydrogen (secondary N) is 3. The van der Waals surface area contributed by atoms with Gasteiger partial charge in [-0.2, -0.15) is 0 Å². The van der Waals surface area contributed by atoms with Gasteiger partial charge >= 0.3 is 0 Å². The average Bonchev–Trinajstić information content (AvgIpc) is 2.99. The van der Waals surface area contributed by atoms with E-state index in [-0.39, 0.29) is 11.8 Å². The van der Waals surface area contributed by atoms with Gasteiger partial charge in [0.05, 0.1) is 11.0 Å². The molecule has 0 aliphatic heterocycles. The van der Waals surface area contributed by atoms with Crippen LogP contribution in [-0.4, -0.2) is 27.5 Å². The molecular weight excluding hydrogens is 336 g/mol. The Morgan fingerprint density at radius 1 is 1.04 bits per heavy atom. The predicted octanol–water partition coefficient (Wildman–Crippen LogP) is 3.64. The first-order valence-electron chi connectivity index (χ1n) is 7.85. The fraction of sp³-hybridized carbons (Fsp3) is 0.167. The number of para-hydroxylation sites is 2. The van der Waals surface area contributed by atoms with E-state index in [0.29, 0.717) is 23.5 Å². The smallest absolute Gasteiger partial charge is 0.225 e. The van der Waals surface area contributed by atoms with Gasteiger partial charge in [-0.3, -0.25) is 9.59 Å². The zero-order valence-corrected chi connectivity index (χ0v) is 14.5. The second kappa shape index (κ2) is 7.85. The number of fused-ring (bicyclic) bond motifs is 1. The third kappa shape index (κ3) is 4.84. The highest BCUT2D eigenvalue weighted by Crippen LogP contribution is 2.20. The Kier molecular flexibility index (Phi) is 5.35. The van der Waals surface area contributed by atoms with Gasteiger partial charge in [0.2, 0.25) is 11.8 Å². The number of aromatic nitrogens is 2. The Morgan fingerprint density at radius 2 is 1.72 bits per heavy atom. The van der Waals surface area contributed by atoms with Crippen molar-refractivity contribution >= 4 is 46.0 Å². The fourth-order valence-corrected chi connectivity index (χ4v) is 3.13. The van der Waals surface area contributed by atoms with Gasteiger partial charge in [0.15, 0.2) is 5.16 Å². The lowest BCUT2D eigenvalue weighted by Crippen LogP contribution is -2.12. The third-order valence-corrected chi connectivity index (χ3v) is 4.30. The maximum absolute atomic E-state index is 12.0. The monoisotopic (exact) mass is 354 g/mol. The highest BCUT2D eigenvalue weighted by Gasteiger charge is 2.06. The molecule has 1 aromatic heterocycles. The molecule has 25 heavy (non-hydrogen) atoms. The van der Waals surface area contributed by atoms with E-state index in [4.69, 9.17) is 0 Å². The molecule has 1 heterocycles. The number of nitrogens with zero attached hydrogens (tertiary/aromatic N) is 1. The van der Waals surface area contributed by atoms with E-state index in [0.717, 1.165) is 16.2 Å². The predicted molar refractivity (Wildman–Crippen MR) is 101 cm³/mol. The van der Waals surface area contributed by atoms with Crippen LogP contribution in [0.5, 0.6) is 0 Å². The van der Waals surface area contributed by atoms with Crippen LogP contribution < -0.4 is 10.6 Å². The molecule has 3 N–H and O–H groups in total. The number of benzene rings is 2. The second-order valence-corrected chi connectivity index (χ2v) is 6.55. The molecule has 3 rings (SSSR count). The standard InChI is InChI=1S/C18H18N4O2S/c1-12(23)19-13-6-8-14(9-7-13)20-17(24)10-11-25-18-21-15-4-2-3-5-16(15)22-18/h2-9H,10-11H2,1H3,(H,19,23)(H,20,24)(H,21,22). The number of carbonyl (C=O) groups excluding carboxylic acids is 2. The van der Waals surface area contributed by atoms with Crippen LogP contribution in [0.2, 0.25) is 0 Å². The number of imidazole rings is 1. The topological polar surface area (TPSA) is 86.9 Å². The van der Waals surface area contributed by atoms with E-state index >= 15 is 0 Å². The molecule has 0 aliphatic carbocycles. The molecule has 0 atom stereocenters. The first-order valence-corrected chi connectivity index (χ1v) is 8.84. The number of thioether (sulfide) groups is 1. The number of H-pyrrole nitrogens is 1. The maximum atomic E-state index is 12.0. The van der Waals surface area contributed by atoms with Crippen LogP contribution in [0, 0.1) is 0 Å². The Hall–Kier alpha value is -2.80. The van der Waals surface area contributed by atoms with Crippen LogP contribution in [-0.2, 0) is 9.59 Å². The molecule has 0 bridgehead atoms. The van der Waals surface area contributed by atoms with Crippen molar-refractivity contribution < 1.29 is 9.59 Å². The number of hydrogen-bond acceptors (Lipinski definition) is 4. The molecule has 0 spiro atoms. The number of carbonyl (C=O) groups is 2. The summed E-state index contributed by atoms with van der Waals surface area (Å²) < 4.78 is 0. The lowest BCUT2D eigenvalue weighted by atomic mass is 10.2. The first kappa shape index (κ1) is 17.0. The summed E-state index contributed by atoms with van der Waals surface area (Å²) in [6, 6.07) is 14.9. The number of aromatic amines is 1. The summed E-state index contributed by atoms with van der Waals surface area (Å²) >= 11 is 1.52. The summed E-state index contributed by atoms with van der Waals surface area (Å²) in [5.41, 5.74) is 3.32. The van der Waals surface area contributed by atoms with Crippen LogP contribution in [0.25, 0.3) is 11.0 Å². The van der Waals surface area contributed by atoms with E-state index in [2.05, 4.69) is 20.6 Å². The van der Waals surface area contributed by atoms with Crippen LogP contribution in [0.1, 0.15) is 13.3 Å². The van der Waals surface area contributed by atoms with Crippen molar-refractivity contribution in [1.82, 2.24) is 9.97 Å². The number of rotatable bonds is 6. The van der Waals surface area contributed by atoms with Crippen molar-refractivity contribution in [2.75, 3.05) is 16.4 Å². The maximum Gasteiger partial charge on any atom is 0.225 e.